The Hall–Kier alpha value is -12.0. The lowest BCUT2D eigenvalue weighted by atomic mass is 9.91. The summed E-state index contributed by atoms with van der Waals surface area (Å²) in [4.78, 5) is 18.1. The van der Waals surface area contributed by atoms with Crippen molar-refractivity contribution >= 4 is 43.6 Å². The lowest BCUT2D eigenvalue weighted by molar-refractivity contribution is -0.660. The van der Waals surface area contributed by atoms with Crippen molar-refractivity contribution < 1.29 is 18.3 Å². The average molecular weight is 1250 g/mol. The van der Waals surface area contributed by atoms with Crippen molar-refractivity contribution in [1.29, 1.82) is 0 Å². The molecule has 16 aromatic rings. The molecule has 464 valence electrons. The Bertz CT molecular complexity index is 5140. The highest BCUT2D eigenvalue weighted by atomic mass is 14.9. The summed E-state index contributed by atoms with van der Waals surface area (Å²) >= 11 is 0. The van der Waals surface area contributed by atoms with Crippen LogP contribution in [0.5, 0.6) is 0 Å². The third-order valence-electron chi connectivity index (χ3n) is 18.0. The first-order chi connectivity index (χ1) is 47.0. The number of rotatable bonds is 8. The monoisotopic (exact) mass is 1240 g/mol. The van der Waals surface area contributed by atoms with Gasteiger partial charge in [0, 0.05) is 100 Å². The predicted molar refractivity (Wildman–Crippen MR) is 394 cm³/mol. The standard InChI is InChI=1S/4C22H19N2/c1-16-8-5-11-18(21(16)20-13-3-4-15-24(20)2)19-12-6-9-17-10-7-14-23-22(17)19;1-16-8-5-10-19(22(16)21-13-3-4-15-24(21)2)17-9-6-12-20-18(17)11-7-14-23-20;1-16-7-5-9-19(22(16)21-10-3-4-14-24(21)2)17-11-12-20-18(15-17)8-6-13-23-20;1-16-7-5-9-19(22(16)21-10-3-4-14-24(21)2)18-12-11-17-8-6-13-23-20(17)15-18/h4*3-15H,1-2H3/q4*+1. The van der Waals surface area contributed by atoms with Gasteiger partial charge in [-0.2, -0.15) is 0 Å². The molecule has 8 nitrogen and oxygen atoms in total. The highest BCUT2D eigenvalue weighted by Crippen LogP contribution is 2.40. The predicted octanol–water partition coefficient (Wildman–Crippen LogP) is 18.8. The van der Waals surface area contributed by atoms with Gasteiger partial charge < -0.3 is 0 Å². The topological polar surface area (TPSA) is 67.1 Å². The second-order valence-electron chi connectivity index (χ2n) is 24.4. The number of nitrogens with zero attached hydrogens (tertiary/aromatic N) is 8. The van der Waals surface area contributed by atoms with E-state index in [0.29, 0.717) is 0 Å². The summed E-state index contributed by atoms with van der Waals surface area (Å²) in [5, 5.41) is 4.69. The highest BCUT2D eigenvalue weighted by molar-refractivity contribution is 6.00. The molecule has 8 aromatic carbocycles. The largest absolute Gasteiger partial charge is 0.256 e. The molecule has 96 heavy (non-hydrogen) atoms. The zero-order valence-electron chi connectivity index (χ0n) is 55.6. The SMILES string of the molecule is Cc1cccc(-c2ccc3cccnc3c2)c1-c1cccc[n+]1C.Cc1cccc(-c2ccc3ncccc3c2)c1-c1cccc[n+]1C.Cc1cccc(-c2cccc3cccnc23)c1-c1cccc[n+]1C.Cc1cccc(-c2cccc3ncccc23)c1-c1cccc[n+]1C. The molecule has 0 atom stereocenters. The van der Waals surface area contributed by atoms with Gasteiger partial charge in [0.1, 0.15) is 28.2 Å². The quantitative estimate of drug-likeness (QED) is 0.142. The summed E-state index contributed by atoms with van der Waals surface area (Å²) in [6.07, 6.45) is 15.8. The van der Waals surface area contributed by atoms with E-state index in [0.717, 1.165) is 22.1 Å². The van der Waals surface area contributed by atoms with E-state index in [1.165, 1.54) is 133 Å². The summed E-state index contributed by atoms with van der Waals surface area (Å²) in [6.45, 7) is 8.69. The molecule has 8 heteroatoms. The number of aromatic nitrogens is 8. The molecule has 0 radical (unpaired) electrons. The summed E-state index contributed by atoms with van der Waals surface area (Å²) in [5.74, 6) is 0. The summed E-state index contributed by atoms with van der Waals surface area (Å²) < 4.78 is 8.69. The average Bonchev–Trinajstić information content (AvgIpc) is 0.795. The Labute approximate surface area is 562 Å². The molecule has 8 heterocycles. The molecular formula is C88H76N8+4. The Morgan fingerprint density at radius 2 is 0.615 bits per heavy atom. The zero-order chi connectivity index (χ0) is 66.1. The molecule has 8 aromatic heterocycles. The molecule has 0 saturated carbocycles. The summed E-state index contributed by atoms with van der Waals surface area (Å²) in [7, 11) is 8.37. The lowest BCUT2D eigenvalue weighted by Gasteiger charge is -2.13. The molecule has 0 aliphatic heterocycles. The number of para-hydroxylation sites is 1. The van der Waals surface area contributed by atoms with Gasteiger partial charge in [-0.1, -0.05) is 146 Å². The fourth-order valence-electron chi connectivity index (χ4n) is 13.2. The van der Waals surface area contributed by atoms with Crippen molar-refractivity contribution in [2.75, 3.05) is 0 Å². The van der Waals surface area contributed by atoms with Gasteiger partial charge in [-0.3, -0.25) is 19.9 Å². The summed E-state index contributed by atoms with van der Waals surface area (Å²) in [5.41, 5.74) is 29.0. The minimum atomic E-state index is 1.03. The molecule has 0 amide bonds. The van der Waals surface area contributed by atoms with Crippen molar-refractivity contribution in [2.45, 2.75) is 27.7 Å². The van der Waals surface area contributed by atoms with Crippen molar-refractivity contribution in [1.82, 2.24) is 19.9 Å². The second kappa shape index (κ2) is 28.5. The van der Waals surface area contributed by atoms with Gasteiger partial charge in [0.25, 0.3) is 0 Å². The van der Waals surface area contributed by atoms with E-state index in [4.69, 9.17) is 0 Å². The highest BCUT2D eigenvalue weighted by Gasteiger charge is 2.23. The van der Waals surface area contributed by atoms with Gasteiger partial charge >= 0.3 is 0 Å². The maximum Gasteiger partial charge on any atom is 0.213 e. The molecule has 0 spiro atoms. The van der Waals surface area contributed by atoms with E-state index in [2.05, 4.69) is 362 Å². The first-order valence-electron chi connectivity index (χ1n) is 32.6. The van der Waals surface area contributed by atoms with Crippen LogP contribution in [0.1, 0.15) is 22.3 Å². The Balaban J connectivity index is 0.000000116. The number of benzene rings is 8. The van der Waals surface area contributed by atoms with Crippen LogP contribution >= 0.6 is 0 Å². The van der Waals surface area contributed by atoms with E-state index >= 15 is 0 Å². The first-order valence-corrected chi connectivity index (χ1v) is 32.6. The lowest BCUT2D eigenvalue weighted by Crippen LogP contribution is -2.30. The van der Waals surface area contributed by atoms with Crippen LogP contribution in [0.25, 0.3) is 133 Å². The number of hydrogen-bond donors (Lipinski definition) is 0. The van der Waals surface area contributed by atoms with E-state index < -0.39 is 0 Å². The molecule has 0 bridgehead atoms. The molecule has 0 saturated heterocycles. The first kappa shape index (κ1) is 62.8. The van der Waals surface area contributed by atoms with Crippen molar-refractivity contribution in [3.63, 3.8) is 0 Å². The number of aryl methyl sites for hydroxylation is 8. The Morgan fingerprint density at radius 1 is 0.240 bits per heavy atom. The van der Waals surface area contributed by atoms with Crippen LogP contribution in [0, 0.1) is 27.7 Å². The normalized spacial score (nSPS) is 10.9. The fraction of sp³-hybridized carbons (Fsp3) is 0.0909. The maximum atomic E-state index is 4.64. The smallest absolute Gasteiger partial charge is 0.213 e. The van der Waals surface area contributed by atoms with Crippen LogP contribution in [-0.2, 0) is 28.2 Å². The number of pyridine rings is 8. The van der Waals surface area contributed by atoms with Gasteiger partial charge in [0.15, 0.2) is 24.8 Å². The van der Waals surface area contributed by atoms with Gasteiger partial charge in [-0.05, 0) is 162 Å². The van der Waals surface area contributed by atoms with Crippen LogP contribution in [0.3, 0.4) is 0 Å². The molecular weight excluding hydrogens is 1170 g/mol. The van der Waals surface area contributed by atoms with Crippen LogP contribution in [0.4, 0.5) is 0 Å². The maximum absolute atomic E-state index is 4.64. The molecule has 0 aliphatic rings. The number of hydrogen-bond acceptors (Lipinski definition) is 4. The summed E-state index contributed by atoms with van der Waals surface area (Å²) in [6, 6.07) is 93.4. The van der Waals surface area contributed by atoms with E-state index in [1.807, 2.05) is 49.1 Å². The minimum Gasteiger partial charge on any atom is -0.256 e. The van der Waals surface area contributed by atoms with Gasteiger partial charge in [0.2, 0.25) is 22.8 Å². The molecule has 16 rings (SSSR count). The van der Waals surface area contributed by atoms with Crippen molar-refractivity contribution in [3.05, 3.63) is 339 Å². The van der Waals surface area contributed by atoms with E-state index in [-0.39, 0.29) is 0 Å². The minimum absolute atomic E-state index is 1.03. The van der Waals surface area contributed by atoms with Gasteiger partial charge in [-0.15, -0.1) is 0 Å². The Kier molecular flexibility index (Phi) is 18.6. The van der Waals surface area contributed by atoms with Gasteiger partial charge in [0.05, 0.1) is 44.3 Å². The van der Waals surface area contributed by atoms with Crippen LogP contribution in [-0.4, -0.2) is 19.9 Å². The molecule has 0 fully saturated rings. The van der Waals surface area contributed by atoms with E-state index in [9.17, 15) is 0 Å². The number of fused-ring (bicyclic) bond motifs is 4. The van der Waals surface area contributed by atoms with E-state index in [1.54, 1.807) is 0 Å². The van der Waals surface area contributed by atoms with Crippen LogP contribution < -0.4 is 18.3 Å². The molecule has 0 unspecified atom stereocenters. The van der Waals surface area contributed by atoms with Crippen LogP contribution in [0.2, 0.25) is 0 Å². The second-order valence-corrected chi connectivity index (χ2v) is 24.4. The molecule has 0 aliphatic carbocycles. The third kappa shape index (κ3) is 13.2. The van der Waals surface area contributed by atoms with Crippen molar-refractivity contribution in [2.24, 2.45) is 28.2 Å². The zero-order valence-corrected chi connectivity index (χ0v) is 55.6. The van der Waals surface area contributed by atoms with Crippen molar-refractivity contribution in [3.8, 4) is 89.5 Å². The van der Waals surface area contributed by atoms with Crippen LogP contribution in [0.15, 0.2) is 316 Å². The Morgan fingerprint density at radius 3 is 1.15 bits per heavy atom. The fourth-order valence-corrected chi connectivity index (χ4v) is 13.2. The third-order valence-corrected chi connectivity index (χ3v) is 18.0. The molecule has 0 N–H and O–H groups in total. The van der Waals surface area contributed by atoms with Gasteiger partial charge in [-0.25, -0.2) is 18.3 Å².